The number of nitro groups is 1. The number of anilines is 1. The van der Waals surface area contributed by atoms with Crippen molar-refractivity contribution >= 4 is 29.2 Å². The predicted molar refractivity (Wildman–Crippen MR) is 107 cm³/mol. The molecule has 0 aliphatic carbocycles. The van der Waals surface area contributed by atoms with Crippen molar-refractivity contribution in [2.24, 2.45) is 0 Å². The third-order valence-corrected chi connectivity index (χ3v) is 4.13. The van der Waals surface area contributed by atoms with E-state index in [4.69, 9.17) is 9.47 Å². The lowest BCUT2D eigenvalue weighted by atomic mass is 10.1. The topological polar surface area (TPSA) is 128 Å². The Hall–Kier alpha value is -3.95. The average molecular weight is 415 g/mol. The molecule has 0 saturated heterocycles. The summed E-state index contributed by atoms with van der Waals surface area (Å²) in [6, 6.07) is 10.6. The fourth-order valence-corrected chi connectivity index (χ4v) is 2.46. The first-order valence-corrected chi connectivity index (χ1v) is 8.81. The molecule has 0 heterocycles. The summed E-state index contributed by atoms with van der Waals surface area (Å²) < 4.78 is 9.99. The number of rotatable bonds is 8. The zero-order valence-electron chi connectivity index (χ0n) is 16.7. The highest BCUT2D eigenvalue weighted by Crippen LogP contribution is 2.20. The molecule has 0 aliphatic heterocycles. The molecule has 0 atom stereocenters. The fraction of sp³-hybridized carbons (Fsp3) is 0.250. The van der Waals surface area contributed by atoms with E-state index in [-0.39, 0.29) is 17.8 Å². The molecule has 0 unspecified atom stereocenters. The summed E-state index contributed by atoms with van der Waals surface area (Å²) in [6.45, 7) is 0.676. The first kappa shape index (κ1) is 22.3. The number of aryl methyl sites for hydroxylation is 1. The Morgan fingerprint density at radius 1 is 1.17 bits per heavy atom. The zero-order chi connectivity index (χ0) is 22.3. The van der Waals surface area contributed by atoms with Crippen LogP contribution in [0, 0.1) is 17.0 Å². The molecule has 0 saturated carbocycles. The predicted octanol–water partition coefficient (Wildman–Crippen LogP) is 2.17. The van der Waals surface area contributed by atoms with Gasteiger partial charge in [-0.2, -0.15) is 0 Å². The third-order valence-electron chi connectivity index (χ3n) is 4.13. The first-order chi connectivity index (χ1) is 14.2. The molecule has 2 aromatic carbocycles. The fourth-order valence-electron chi connectivity index (χ4n) is 2.46. The van der Waals surface area contributed by atoms with Crippen molar-refractivity contribution in [1.82, 2.24) is 4.90 Å². The Bertz CT molecular complexity index is 975. The molecule has 0 aliphatic rings. The van der Waals surface area contributed by atoms with Gasteiger partial charge in [0.2, 0.25) is 5.91 Å². The molecular weight excluding hydrogens is 394 g/mol. The minimum Gasteiger partial charge on any atom is -0.497 e. The maximum absolute atomic E-state index is 12.1. The van der Waals surface area contributed by atoms with Crippen molar-refractivity contribution < 1.29 is 28.8 Å². The standard InChI is InChI=1S/C20H21N3O7/c1-13-7-8-14(9-17(13)23(27)28)20(26)30-12-19(25)22(2)11-18(24)21-15-5-4-6-16(10-15)29-3/h4-10H,11-12H2,1-3H3,(H,21,24). The normalized spacial score (nSPS) is 10.1. The van der Waals surface area contributed by atoms with Gasteiger partial charge in [0.1, 0.15) is 5.75 Å². The number of methoxy groups -OCH3 is 1. The maximum Gasteiger partial charge on any atom is 0.338 e. The molecule has 158 valence electrons. The van der Waals surface area contributed by atoms with E-state index in [0.717, 1.165) is 11.0 Å². The number of nitrogens with one attached hydrogen (secondary N) is 1. The Labute approximate surface area is 172 Å². The van der Waals surface area contributed by atoms with Gasteiger partial charge in [-0.25, -0.2) is 4.79 Å². The number of amides is 2. The van der Waals surface area contributed by atoms with E-state index in [1.165, 1.54) is 26.3 Å². The number of nitrogens with zero attached hydrogens (tertiary/aromatic N) is 2. The summed E-state index contributed by atoms with van der Waals surface area (Å²) >= 11 is 0. The Morgan fingerprint density at radius 3 is 2.57 bits per heavy atom. The summed E-state index contributed by atoms with van der Waals surface area (Å²) in [5.41, 5.74) is 0.641. The van der Waals surface area contributed by atoms with Gasteiger partial charge in [0.15, 0.2) is 6.61 Å². The smallest absolute Gasteiger partial charge is 0.338 e. The second kappa shape index (κ2) is 10.0. The van der Waals surface area contributed by atoms with Gasteiger partial charge in [-0.05, 0) is 25.1 Å². The van der Waals surface area contributed by atoms with Crippen LogP contribution in [0.5, 0.6) is 5.75 Å². The lowest BCUT2D eigenvalue weighted by Crippen LogP contribution is -2.37. The van der Waals surface area contributed by atoms with Gasteiger partial charge in [0.25, 0.3) is 11.6 Å². The van der Waals surface area contributed by atoms with E-state index in [0.29, 0.717) is 17.0 Å². The molecule has 30 heavy (non-hydrogen) atoms. The number of hydrogen-bond acceptors (Lipinski definition) is 7. The van der Waals surface area contributed by atoms with Crippen LogP contribution in [0.1, 0.15) is 15.9 Å². The van der Waals surface area contributed by atoms with Crippen LogP contribution in [0.2, 0.25) is 0 Å². The highest BCUT2D eigenvalue weighted by atomic mass is 16.6. The van der Waals surface area contributed by atoms with Gasteiger partial charge >= 0.3 is 5.97 Å². The van der Waals surface area contributed by atoms with Crippen molar-refractivity contribution in [2.75, 3.05) is 32.6 Å². The molecule has 0 radical (unpaired) electrons. The number of carbonyl (C=O) groups excluding carboxylic acids is 3. The van der Waals surface area contributed by atoms with Crippen LogP contribution in [0.25, 0.3) is 0 Å². The second-order valence-electron chi connectivity index (χ2n) is 6.36. The molecule has 0 spiro atoms. The highest BCUT2D eigenvalue weighted by Gasteiger charge is 2.19. The third kappa shape index (κ3) is 6.03. The van der Waals surface area contributed by atoms with Crippen molar-refractivity contribution in [1.29, 1.82) is 0 Å². The van der Waals surface area contributed by atoms with Crippen molar-refractivity contribution in [3.05, 3.63) is 63.7 Å². The first-order valence-electron chi connectivity index (χ1n) is 8.81. The Kier molecular flexibility index (Phi) is 7.45. The lowest BCUT2D eigenvalue weighted by Gasteiger charge is -2.17. The molecule has 10 nitrogen and oxygen atoms in total. The van der Waals surface area contributed by atoms with E-state index < -0.39 is 29.3 Å². The number of ether oxygens (including phenoxy) is 2. The highest BCUT2D eigenvalue weighted by molar-refractivity contribution is 5.95. The number of nitro benzene ring substituents is 1. The maximum atomic E-state index is 12.1. The average Bonchev–Trinajstić information content (AvgIpc) is 2.71. The zero-order valence-corrected chi connectivity index (χ0v) is 16.7. The number of hydrogen-bond donors (Lipinski definition) is 1. The minimum absolute atomic E-state index is 0.0430. The summed E-state index contributed by atoms with van der Waals surface area (Å²) in [5, 5.41) is 13.6. The summed E-state index contributed by atoms with van der Waals surface area (Å²) in [5.74, 6) is -1.36. The second-order valence-corrected chi connectivity index (χ2v) is 6.36. The molecule has 10 heteroatoms. The molecule has 0 bridgehead atoms. The van der Waals surface area contributed by atoms with Crippen LogP contribution in [0.15, 0.2) is 42.5 Å². The van der Waals surface area contributed by atoms with Crippen molar-refractivity contribution in [3.8, 4) is 5.75 Å². The van der Waals surface area contributed by atoms with E-state index in [1.807, 2.05) is 0 Å². The molecule has 0 fully saturated rings. The lowest BCUT2D eigenvalue weighted by molar-refractivity contribution is -0.385. The van der Waals surface area contributed by atoms with E-state index in [1.54, 1.807) is 31.2 Å². The number of benzene rings is 2. The van der Waals surface area contributed by atoms with Crippen LogP contribution < -0.4 is 10.1 Å². The van der Waals surface area contributed by atoms with Crippen molar-refractivity contribution in [2.45, 2.75) is 6.92 Å². The van der Waals surface area contributed by atoms with E-state index >= 15 is 0 Å². The number of carbonyl (C=O) groups is 3. The Morgan fingerprint density at radius 2 is 1.90 bits per heavy atom. The van der Waals surface area contributed by atoms with Crippen LogP contribution in [-0.2, 0) is 14.3 Å². The van der Waals surface area contributed by atoms with Gasteiger partial charge in [0, 0.05) is 30.4 Å². The molecule has 2 amide bonds. The van der Waals surface area contributed by atoms with Gasteiger partial charge in [-0.1, -0.05) is 12.1 Å². The molecule has 2 rings (SSSR count). The quantitative estimate of drug-likeness (QED) is 0.397. The van der Waals surface area contributed by atoms with Gasteiger partial charge in [-0.3, -0.25) is 19.7 Å². The summed E-state index contributed by atoms with van der Waals surface area (Å²) in [6.07, 6.45) is 0. The number of likely N-dealkylation sites (N-methyl/N-ethyl adjacent to an activating group) is 1. The van der Waals surface area contributed by atoms with Gasteiger partial charge < -0.3 is 19.7 Å². The Balaban J connectivity index is 1.88. The van der Waals surface area contributed by atoms with Crippen LogP contribution >= 0.6 is 0 Å². The van der Waals surface area contributed by atoms with Gasteiger partial charge in [-0.15, -0.1) is 0 Å². The number of esters is 1. The SMILES string of the molecule is COc1cccc(NC(=O)CN(C)C(=O)COC(=O)c2ccc(C)c([N+](=O)[O-])c2)c1. The van der Waals surface area contributed by atoms with Crippen LogP contribution in [-0.4, -0.2) is 54.9 Å². The summed E-state index contributed by atoms with van der Waals surface area (Å²) in [4.78, 5) is 47.8. The van der Waals surface area contributed by atoms with Crippen LogP contribution in [0.4, 0.5) is 11.4 Å². The molecule has 2 aromatic rings. The van der Waals surface area contributed by atoms with Crippen LogP contribution in [0.3, 0.4) is 0 Å². The van der Waals surface area contributed by atoms with E-state index in [9.17, 15) is 24.5 Å². The molecule has 0 aromatic heterocycles. The monoisotopic (exact) mass is 415 g/mol. The molecule has 1 N–H and O–H groups in total. The van der Waals surface area contributed by atoms with Gasteiger partial charge in [0.05, 0.1) is 24.1 Å². The minimum atomic E-state index is -0.874. The summed E-state index contributed by atoms with van der Waals surface area (Å²) in [7, 11) is 2.89. The largest absolute Gasteiger partial charge is 0.497 e. The van der Waals surface area contributed by atoms with Crippen molar-refractivity contribution in [3.63, 3.8) is 0 Å². The molecular formula is C20H21N3O7. The van der Waals surface area contributed by atoms with E-state index in [2.05, 4.69) is 5.32 Å².